The molecule has 0 aromatic heterocycles. The zero-order chi connectivity index (χ0) is 14.4. The minimum absolute atomic E-state index is 0.0389. The maximum atomic E-state index is 11.7. The summed E-state index contributed by atoms with van der Waals surface area (Å²) < 4.78 is 28.0. The van der Waals surface area contributed by atoms with Gasteiger partial charge < -0.3 is 0 Å². The Labute approximate surface area is 116 Å². The Bertz CT molecular complexity index is 745. The molecule has 2 rings (SSSR count). The van der Waals surface area contributed by atoms with Gasteiger partial charge in [-0.25, -0.2) is 0 Å². The molecule has 100 valence electrons. The molecule has 6 heteroatoms. The van der Waals surface area contributed by atoms with Crippen molar-refractivity contribution < 1.29 is 12.7 Å². The first-order valence-electron chi connectivity index (χ1n) is 5.64. The molecule has 0 atom stereocenters. The van der Waals surface area contributed by atoms with Crippen LogP contribution in [0.5, 0.6) is 0 Å². The van der Waals surface area contributed by atoms with Gasteiger partial charge in [-0.05, 0) is 29.8 Å². The molecule has 0 saturated heterocycles. The fourth-order valence-electron chi connectivity index (χ4n) is 1.41. The summed E-state index contributed by atoms with van der Waals surface area (Å²) in [5.41, 5.74) is 1.15. The maximum Gasteiger partial charge on any atom is 0.358 e. The summed E-state index contributed by atoms with van der Waals surface area (Å²) in [5.74, 6) is 0. The van der Waals surface area contributed by atoms with Crippen LogP contribution in [0.2, 0.25) is 0 Å². The number of hydrogen-bond acceptors (Lipinski definition) is 5. The molecule has 0 N–H and O–H groups in total. The van der Waals surface area contributed by atoms with Crippen LogP contribution in [0.4, 0.5) is 0 Å². The van der Waals surface area contributed by atoms with E-state index in [0.717, 1.165) is 0 Å². The summed E-state index contributed by atoms with van der Waals surface area (Å²) in [6.07, 6.45) is 1.27. The lowest BCUT2D eigenvalue weighted by Gasteiger charge is -2.00. The van der Waals surface area contributed by atoms with E-state index < -0.39 is 10.1 Å². The number of benzene rings is 2. The quantitative estimate of drug-likeness (QED) is 0.638. The number of hydrogen-bond donors (Lipinski definition) is 0. The zero-order valence-corrected chi connectivity index (χ0v) is 11.1. The van der Waals surface area contributed by atoms with Gasteiger partial charge in [0.1, 0.15) is 4.90 Å². The highest BCUT2D eigenvalue weighted by molar-refractivity contribution is 7.86. The van der Waals surface area contributed by atoms with Crippen molar-refractivity contribution in [2.75, 3.05) is 0 Å². The molecule has 0 fully saturated rings. The second-order valence-electron chi connectivity index (χ2n) is 3.81. The highest BCUT2D eigenvalue weighted by atomic mass is 32.2. The normalized spacial score (nSPS) is 11.2. The van der Waals surface area contributed by atoms with Crippen molar-refractivity contribution in [1.82, 2.24) is 0 Å². The lowest BCUT2D eigenvalue weighted by molar-refractivity contribution is 0.341. The van der Waals surface area contributed by atoms with E-state index in [1.165, 1.54) is 18.3 Å². The van der Waals surface area contributed by atoms with Crippen LogP contribution in [0.15, 0.2) is 64.6 Å². The van der Waals surface area contributed by atoms with Gasteiger partial charge >= 0.3 is 10.1 Å². The average molecular weight is 286 g/mol. The molecule has 2 aromatic rings. The van der Waals surface area contributed by atoms with Gasteiger partial charge in [0, 0.05) is 0 Å². The Hall–Kier alpha value is -2.65. The van der Waals surface area contributed by atoms with Gasteiger partial charge in [0.25, 0.3) is 0 Å². The molecule has 5 nitrogen and oxygen atoms in total. The minimum Gasteiger partial charge on any atom is -0.265 e. The van der Waals surface area contributed by atoms with E-state index in [0.29, 0.717) is 11.1 Å². The van der Waals surface area contributed by atoms with Gasteiger partial charge in [0.2, 0.25) is 0 Å². The summed E-state index contributed by atoms with van der Waals surface area (Å²) in [7, 11) is -3.89. The van der Waals surface area contributed by atoms with Crippen LogP contribution in [0.25, 0.3) is 0 Å². The standard InChI is InChI=1S/C14H10N2O3S/c15-10-12-6-8-13(9-7-12)11-16-19-20(17,18)14-4-2-1-3-5-14/h1-9,11H/b16-11+. The Morgan fingerprint density at radius 1 is 1.05 bits per heavy atom. The van der Waals surface area contributed by atoms with Crippen LogP contribution in [0, 0.1) is 11.3 Å². The first kappa shape index (κ1) is 13.8. The molecule has 2 aromatic carbocycles. The van der Waals surface area contributed by atoms with Crippen molar-refractivity contribution in [3.05, 3.63) is 65.7 Å². The van der Waals surface area contributed by atoms with Crippen molar-refractivity contribution >= 4 is 16.3 Å². The van der Waals surface area contributed by atoms with Crippen molar-refractivity contribution in [3.63, 3.8) is 0 Å². The highest BCUT2D eigenvalue weighted by Gasteiger charge is 2.14. The highest BCUT2D eigenvalue weighted by Crippen LogP contribution is 2.11. The van der Waals surface area contributed by atoms with Gasteiger partial charge in [-0.2, -0.15) is 13.7 Å². The van der Waals surface area contributed by atoms with Crippen LogP contribution >= 0.6 is 0 Å². The summed E-state index contributed by atoms with van der Waals surface area (Å²) in [6.45, 7) is 0. The zero-order valence-electron chi connectivity index (χ0n) is 10.3. The second kappa shape index (κ2) is 5.99. The van der Waals surface area contributed by atoms with E-state index in [-0.39, 0.29) is 4.90 Å². The fourth-order valence-corrected chi connectivity index (χ4v) is 2.15. The van der Waals surface area contributed by atoms with Gasteiger partial charge in [-0.15, -0.1) is 0 Å². The first-order chi connectivity index (χ1) is 9.62. The number of nitrogens with zero attached hydrogens (tertiary/aromatic N) is 2. The van der Waals surface area contributed by atoms with Crippen LogP contribution in [0.1, 0.15) is 11.1 Å². The van der Waals surface area contributed by atoms with Gasteiger partial charge in [0.15, 0.2) is 0 Å². The van der Waals surface area contributed by atoms with Gasteiger partial charge in [-0.1, -0.05) is 35.5 Å². The van der Waals surface area contributed by atoms with Gasteiger partial charge in [0.05, 0.1) is 17.8 Å². The molecular formula is C14H10N2O3S. The van der Waals surface area contributed by atoms with Crippen molar-refractivity contribution in [2.45, 2.75) is 4.90 Å². The van der Waals surface area contributed by atoms with E-state index in [4.69, 9.17) is 5.26 Å². The molecule has 0 aliphatic heterocycles. The van der Waals surface area contributed by atoms with E-state index in [9.17, 15) is 8.42 Å². The lowest BCUT2D eigenvalue weighted by atomic mass is 10.2. The number of nitriles is 1. The largest absolute Gasteiger partial charge is 0.358 e. The topological polar surface area (TPSA) is 79.5 Å². The SMILES string of the molecule is N#Cc1ccc(/C=N/OS(=O)(=O)c2ccccc2)cc1. The first-order valence-corrected chi connectivity index (χ1v) is 7.05. The predicted octanol–water partition coefficient (Wildman–Crippen LogP) is 2.30. The maximum absolute atomic E-state index is 11.7. The van der Waals surface area contributed by atoms with E-state index >= 15 is 0 Å². The summed E-state index contributed by atoms with van der Waals surface area (Å²) in [4.78, 5) is 0.0389. The van der Waals surface area contributed by atoms with Crippen LogP contribution in [0.3, 0.4) is 0 Å². The minimum atomic E-state index is -3.89. The lowest BCUT2D eigenvalue weighted by Crippen LogP contribution is -2.02. The molecule has 0 saturated carbocycles. The number of rotatable bonds is 4. The third kappa shape index (κ3) is 3.43. The van der Waals surface area contributed by atoms with Crippen LogP contribution in [-0.2, 0) is 14.4 Å². The molecule has 0 bridgehead atoms. The second-order valence-corrected chi connectivity index (χ2v) is 5.34. The number of oxime groups is 1. The molecule has 20 heavy (non-hydrogen) atoms. The monoisotopic (exact) mass is 286 g/mol. The fraction of sp³-hybridized carbons (Fsp3) is 0. The third-order valence-electron chi connectivity index (χ3n) is 2.41. The Kier molecular flexibility index (Phi) is 4.13. The van der Waals surface area contributed by atoms with Crippen molar-refractivity contribution in [3.8, 4) is 6.07 Å². The molecule has 0 aliphatic carbocycles. The molecule has 0 aliphatic rings. The summed E-state index contributed by atoms with van der Waals surface area (Å²) in [6, 6.07) is 16.2. The van der Waals surface area contributed by atoms with Crippen LogP contribution in [-0.4, -0.2) is 14.6 Å². The van der Waals surface area contributed by atoms with Crippen LogP contribution < -0.4 is 0 Å². The molecule has 0 radical (unpaired) electrons. The van der Waals surface area contributed by atoms with Crippen molar-refractivity contribution in [2.24, 2.45) is 5.16 Å². The molecule has 0 unspecified atom stereocenters. The Morgan fingerprint density at radius 2 is 1.70 bits per heavy atom. The summed E-state index contributed by atoms with van der Waals surface area (Å²) >= 11 is 0. The molecule has 0 spiro atoms. The third-order valence-corrected chi connectivity index (χ3v) is 3.55. The average Bonchev–Trinajstić information content (AvgIpc) is 2.49. The predicted molar refractivity (Wildman–Crippen MR) is 73.5 cm³/mol. The molecule has 0 heterocycles. The van der Waals surface area contributed by atoms with Gasteiger partial charge in [-0.3, -0.25) is 4.28 Å². The molecule has 0 amide bonds. The Balaban J connectivity index is 2.08. The molecular weight excluding hydrogens is 276 g/mol. The smallest absolute Gasteiger partial charge is 0.265 e. The van der Waals surface area contributed by atoms with E-state index in [1.807, 2.05) is 6.07 Å². The van der Waals surface area contributed by atoms with E-state index in [1.54, 1.807) is 42.5 Å². The van der Waals surface area contributed by atoms with Crippen molar-refractivity contribution in [1.29, 1.82) is 5.26 Å². The summed E-state index contributed by atoms with van der Waals surface area (Å²) in [5, 5.41) is 12.1. The Morgan fingerprint density at radius 3 is 2.30 bits per heavy atom. The van der Waals surface area contributed by atoms with E-state index in [2.05, 4.69) is 9.44 Å².